The molecule has 0 aromatic rings. The third-order valence-electron chi connectivity index (χ3n) is 0.378. The van der Waals surface area contributed by atoms with Gasteiger partial charge in [0.25, 0.3) is 0 Å². The van der Waals surface area contributed by atoms with Gasteiger partial charge in [-0.15, -0.1) is 9.24 Å². The van der Waals surface area contributed by atoms with E-state index in [1.54, 1.807) is 0 Å². The summed E-state index contributed by atoms with van der Waals surface area (Å²) in [5.74, 6) is 0. The van der Waals surface area contributed by atoms with E-state index in [0.717, 1.165) is 6.16 Å². The summed E-state index contributed by atoms with van der Waals surface area (Å²) in [4.78, 5) is 13.5. The molecule has 0 aromatic carbocycles. The molecular formula is C3H8NO2P. The first-order valence-electron chi connectivity index (χ1n) is 1.94. The van der Waals surface area contributed by atoms with Crippen LogP contribution in [-0.2, 0) is 9.63 Å². The lowest BCUT2D eigenvalue weighted by Crippen LogP contribution is -2.15. The van der Waals surface area contributed by atoms with Gasteiger partial charge >= 0.3 is 6.47 Å². The number of carbonyl (C=O) groups is 1. The van der Waals surface area contributed by atoms with E-state index in [2.05, 4.69) is 19.6 Å². The minimum atomic E-state index is 0.361. The van der Waals surface area contributed by atoms with Gasteiger partial charge < -0.3 is 4.84 Å². The number of hydrogen-bond acceptors (Lipinski definition) is 3. The molecule has 0 aliphatic rings. The normalized spacial score (nSPS) is 8.14. The molecule has 7 heavy (non-hydrogen) atoms. The highest BCUT2D eigenvalue weighted by atomic mass is 31.0. The monoisotopic (exact) mass is 121 g/mol. The highest BCUT2D eigenvalue weighted by Crippen LogP contribution is 1.73. The molecule has 0 fully saturated rings. The third-order valence-corrected chi connectivity index (χ3v) is 0.667. The predicted molar refractivity (Wildman–Crippen MR) is 29.7 cm³/mol. The van der Waals surface area contributed by atoms with Gasteiger partial charge in [-0.05, 0) is 6.16 Å². The maximum Gasteiger partial charge on any atom is 0.312 e. The minimum Gasteiger partial charge on any atom is -0.374 e. The van der Waals surface area contributed by atoms with Crippen molar-refractivity contribution >= 4 is 15.7 Å². The lowest BCUT2D eigenvalue weighted by molar-refractivity contribution is -0.135. The molecule has 0 radical (unpaired) electrons. The van der Waals surface area contributed by atoms with E-state index in [0.29, 0.717) is 13.0 Å². The van der Waals surface area contributed by atoms with Crippen molar-refractivity contribution in [2.75, 3.05) is 12.7 Å². The minimum absolute atomic E-state index is 0.361. The van der Waals surface area contributed by atoms with Crippen LogP contribution in [0.4, 0.5) is 0 Å². The van der Waals surface area contributed by atoms with Crippen LogP contribution in [-0.4, -0.2) is 19.2 Å². The SMILES string of the molecule is O=CONCCP. The first-order chi connectivity index (χ1) is 3.41. The number of rotatable bonds is 4. The Kier molecular flexibility index (Phi) is 5.74. The fourth-order valence-electron chi connectivity index (χ4n) is 0.152. The lowest BCUT2D eigenvalue weighted by Gasteiger charge is -1.93. The zero-order valence-electron chi connectivity index (χ0n) is 3.89. The van der Waals surface area contributed by atoms with Crippen molar-refractivity contribution < 1.29 is 9.63 Å². The van der Waals surface area contributed by atoms with Gasteiger partial charge in [0.05, 0.1) is 0 Å². The van der Waals surface area contributed by atoms with Crippen molar-refractivity contribution in [1.82, 2.24) is 5.48 Å². The average Bonchev–Trinajstić information content (AvgIpc) is 1.69. The highest BCUT2D eigenvalue weighted by molar-refractivity contribution is 7.16. The molecule has 0 heterocycles. The van der Waals surface area contributed by atoms with E-state index < -0.39 is 0 Å². The van der Waals surface area contributed by atoms with Crippen LogP contribution in [0, 0.1) is 0 Å². The summed E-state index contributed by atoms with van der Waals surface area (Å²) in [5, 5.41) is 0. The van der Waals surface area contributed by atoms with Crippen LogP contribution in [0.15, 0.2) is 0 Å². The average molecular weight is 121 g/mol. The van der Waals surface area contributed by atoms with E-state index in [4.69, 9.17) is 0 Å². The fourth-order valence-corrected chi connectivity index (χ4v) is 0.270. The number of nitrogens with one attached hydrogen (secondary N) is 1. The highest BCUT2D eigenvalue weighted by Gasteiger charge is 1.75. The Hall–Kier alpha value is -0.140. The molecule has 0 bridgehead atoms. The zero-order valence-corrected chi connectivity index (χ0v) is 5.04. The molecule has 0 amide bonds. The quantitative estimate of drug-likeness (QED) is 0.237. The van der Waals surface area contributed by atoms with Gasteiger partial charge in [0.1, 0.15) is 0 Å². The van der Waals surface area contributed by atoms with Gasteiger partial charge in [0, 0.05) is 6.54 Å². The second-order valence-electron chi connectivity index (χ2n) is 0.897. The van der Waals surface area contributed by atoms with Crippen molar-refractivity contribution in [3.05, 3.63) is 0 Å². The molecular weight excluding hydrogens is 113 g/mol. The number of hydrogen-bond donors (Lipinski definition) is 1. The topological polar surface area (TPSA) is 38.3 Å². The van der Waals surface area contributed by atoms with Crippen LogP contribution < -0.4 is 5.48 Å². The Bertz CT molecular complexity index is 50.2. The van der Waals surface area contributed by atoms with Gasteiger partial charge in [0.2, 0.25) is 0 Å². The van der Waals surface area contributed by atoms with Crippen LogP contribution in [0.1, 0.15) is 0 Å². The second-order valence-corrected chi connectivity index (χ2v) is 1.47. The summed E-state index contributed by atoms with van der Waals surface area (Å²) in [6.45, 7) is 1.05. The first-order valence-corrected chi connectivity index (χ1v) is 2.75. The Labute approximate surface area is 44.6 Å². The van der Waals surface area contributed by atoms with Crippen molar-refractivity contribution in [2.24, 2.45) is 0 Å². The molecule has 1 N–H and O–H groups in total. The van der Waals surface area contributed by atoms with Crippen LogP contribution >= 0.6 is 9.24 Å². The summed E-state index contributed by atoms with van der Waals surface area (Å²) in [6.07, 6.45) is 0.883. The van der Waals surface area contributed by atoms with E-state index >= 15 is 0 Å². The molecule has 1 atom stereocenters. The van der Waals surface area contributed by atoms with Gasteiger partial charge in [-0.3, -0.25) is 4.79 Å². The van der Waals surface area contributed by atoms with Crippen LogP contribution in [0.2, 0.25) is 0 Å². The number of hydroxylamine groups is 1. The summed E-state index contributed by atoms with van der Waals surface area (Å²) < 4.78 is 0. The van der Waals surface area contributed by atoms with Crippen LogP contribution in [0.5, 0.6) is 0 Å². The van der Waals surface area contributed by atoms with Gasteiger partial charge in [-0.1, -0.05) is 0 Å². The maximum atomic E-state index is 9.39. The fraction of sp³-hybridized carbons (Fsp3) is 0.667. The molecule has 4 heteroatoms. The molecule has 1 unspecified atom stereocenters. The third kappa shape index (κ3) is 5.86. The van der Waals surface area contributed by atoms with E-state index in [1.807, 2.05) is 0 Å². The van der Waals surface area contributed by atoms with Crippen molar-refractivity contribution in [1.29, 1.82) is 0 Å². The molecule has 42 valence electrons. The molecule has 0 spiro atoms. The smallest absolute Gasteiger partial charge is 0.312 e. The zero-order chi connectivity index (χ0) is 5.54. The molecule has 0 aromatic heterocycles. The van der Waals surface area contributed by atoms with Crippen LogP contribution in [0.3, 0.4) is 0 Å². The van der Waals surface area contributed by atoms with Crippen molar-refractivity contribution in [3.63, 3.8) is 0 Å². The summed E-state index contributed by atoms with van der Waals surface area (Å²) in [7, 11) is 2.49. The van der Waals surface area contributed by atoms with Gasteiger partial charge in [0.15, 0.2) is 0 Å². The second kappa shape index (κ2) is 5.86. The Morgan fingerprint density at radius 1 is 1.86 bits per heavy atom. The van der Waals surface area contributed by atoms with Crippen LogP contribution in [0.25, 0.3) is 0 Å². The molecule has 0 saturated heterocycles. The summed E-state index contributed by atoms with van der Waals surface area (Å²) in [6, 6.07) is 0. The summed E-state index contributed by atoms with van der Waals surface area (Å²) >= 11 is 0. The largest absolute Gasteiger partial charge is 0.374 e. The molecule has 0 saturated carbocycles. The molecule has 0 aliphatic heterocycles. The van der Waals surface area contributed by atoms with E-state index in [1.165, 1.54) is 0 Å². The van der Waals surface area contributed by atoms with E-state index in [9.17, 15) is 4.79 Å². The van der Waals surface area contributed by atoms with Gasteiger partial charge in [-0.25, -0.2) is 0 Å². The Balaban J connectivity index is 2.56. The number of carbonyl (C=O) groups excluding carboxylic acids is 1. The standard InChI is InChI=1S/C3H8NO2P/c5-3-6-4-1-2-7/h3-4H,1-2,7H2. The Morgan fingerprint density at radius 2 is 2.57 bits per heavy atom. The molecule has 0 aliphatic carbocycles. The van der Waals surface area contributed by atoms with Crippen molar-refractivity contribution in [2.45, 2.75) is 0 Å². The lowest BCUT2D eigenvalue weighted by atomic mass is 10.8. The Morgan fingerprint density at radius 3 is 3.00 bits per heavy atom. The predicted octanol–water partition coefficient (Wildman–Crippen LogP) is -0.461. The van der Waals surface area contributed by atoms with Gasteiger partial charge in [-0.2, -0.15) is 5.48 Å². The summed E-state index contributed by atoms with van der Waals surface area (Å²) in [5.41, 5.74) is 2.40. The van der Waals surface area contributed by atoms with Crippen molar-refractivity contribution in [3.8, 4) is 0 Å². The maximum absolute atomic E-state index is 9.39. The molecule has 3 nitrogen and oxygen atoms in total. The molecule has 0 rings (SSSR count). The van der Waals surface area contributed by atoms with E-state index in [-0.39, 0.29) is 0 Å². The first kappa shape index (κ1) is 6.86.